The molecule has 0 saturated carbocycles. The normalized spacial score (nSPS) is 16.9. The molecule has 2 heterocycles. The van der Waals surface area contributed by atoms with Crippen LogP contribution in [0, 0.1) is 11.3 Å². The van der Waals surface area contributed by atoms with E-state index in [0.717, 1.165) is 35.9 Å². The van der Waals surface area contributed by atoms with Crippen LogP contribution in [0.1, 0.15) is 61.8 Å². The van der Waals surface area contributed by atoms with Crippen molar-refractivity contribution in [3.8, 4) is 0 Å². The predicted molar refractivity (Wildman–Crippen MR) is 135 cm³/mol. The lowest BCUT2D eigenvalue weighted by Gasteiger charge is -2.33. The first kappa shape index (κ1) is 23.8. The molecule has 8 heteroatoms. The van der Waals surface area contributed by atoms with Crippen LogP contribution < -0.4 is 5.32 Å². The lowest BCUT2D eigenvalue weighted by Crippen LogP contribution is -2.27. The van der Waals surface area contributed by atoms with Gasteiger partial charge in [-0.2, -0.15) is 0 Å². The van der Waals surface area contributed by atoms with Crippen molar-refractivity contribution >= 4 is 51.0 Å². The molecule has 2 aromatic heterocycles. The van der Waals surface area contributed by atoms with Crippen molar-refractivity contribution in [2.45, 2.75) is 64.3 Å². The number of rotatable bonds is 6. The number of carbonyl (C=O) groups is 2. The van der Waals surface area contributed by atoms with Crippen LogP contribution in [0.5, 0.6) is 0 Å². The number of para-hydroxylation sites is 2. The first-order chi connectivity index (χ1) is 15.7. The molecule has 1 amide bonds. The summed E-state index contributed by atoms with van der Waals surface area (Å²) in [5, 5.41) is 3.95. The number of thioether (sulfide) groups is 1. The molecule has 1 aromatic carbocycles. The summed E-state index contributed by atoms with van der Waals surface area (Å²) in [6.07, 6.45) is 2.79. The molecule has 33 heavy (non-hydrogen) atoms. The summed E-state index contributed by atoms with van der Waals surface area (Å²) >= 11 is 2.90. The Labute approximate surface area is 202 Å². The fourth-order valence-electron chi connectivity index (χ4n) is 4.25. The van der Waals surface area contributed by atoms with Gasteiger partial charge >= 0.3 is 5.97 Å². The van der Waals surface area contributed by atoms with Crippen LogP contribution in [0.2, 0.25) is 0 Å². The van der Waals surface area contributed by atoms with Gasteiger partial charge in [-0.15, -0.1) is 11.3 Å². The highest BCUT2D eigenvalue weighted by molar-refractivity contribution is 8.00. The second-order valence-corrected chi connectivity index (χ2v) is 12.0. The molecule has 3 aromatic rings. The zero-order chi connectivity index (χ0) is 23.8. The fraction of sp³-hybridized carbons (Fsp3) is 0.480. The van der Waals surface area contributed by atoms with E-state index in [-0.39, 0.29) is 22.5 Å². The Hall–Kier alpha value is -2.32. The maximum atomic E-state index is 13.1. The number of aromatic amines is 1. The van der Waals surface area contributed by atoms with E-state index in [1.807, 2.05) is 31.2 Å². The Morgan fingerprint density at radius 1 is 1.33 bits per heavy atom. The zero-order valence-electron chi connectivity index (χ0n) is 19.8. The van der Waals surface area contributed by atoms with Gasteiger partial charge in [0.05, 0.1) is 28.5 Å². The largest absolute Gasteiger partial charge is 0.462 e. The third-order valence-corrected chi connectivity index (χ3v) is 8.39. The number of benzene rings is 1. The van der Waals surface area contributed by atoms with Crippen LogP contribution >= 0.6 is 23.1 Å². The van der Waals surface area contributed by atoms with Crippen LogP contribution in [0.15, 0.2) is 29.4 Å². The average molecular weight is 486 g/mol. The van der Waals surface area contributed by atoms with Gasteiger partial charge < -0.3 is 15.0 Å². The summed E-state index contributed by atoms with van der Waals surface area (Å²) in [5.74, 6) is 0.0406. The van der Waals surface area contributed by atoms with E-state index in [0.29, 0.717) is 28.2 Å². The summed E-state index contributed by atoms with van der Waals surface area (Å²) in [6, 6.07) is 7.79. The van der Waals surface area contributed by atoms with Gasteiger partial charge in [0.2, 0.25) is 5.91 Å². The number of anilines is 1. The number of esters is 1. The summed E-state index contributed by atoms with van der Waals surface area (Å²) < 4.78 is 5.35. The molecule has 176 valence electrons. The van der Waals surface area contributed by atoms with Gasteiger partial charge in [0.15, 0.2) is 5.16 Å². The van der Waals surface area contributed by atoms with E-state index in [9.17, 15) is 9.59 Å². The van der Waals surface area contributed by atoms with Gasteiger partial charge in [-0.3, -0.25) is 4.79 Å². The lowest BCUT2D eigenvalue weighted by atomic mass is 9.72. The zero-order valence-corrected chi connectivity index (χ0v) is 21.4. The second-order valence-electron chi connectivity index (χ2n) is 9.54. The Kier molecular flexibility index (Phi) is 6.86. The van der Waals surface area contributed by atoms with Crippen molar-refractivity contribution in [1.82, 2.24) is 9.97 Å². The number of nitrogens with zero attached hydrogens (tertiary/aromatic N) is 1. The van der Waals surface area contributed by atoms with Crippen molar-refractivity contribution in [2.24, 2.45) is 11.3 Å². The van der Waals surface area contributed by atoms with Crippen LogP contribution in [0.4, 0.5) is 5.00 Å². The van der Waals surface area contributed by atoms with E-state index in [2.05, 4.69) is 36.1 Å². The summed E-state index contributed by atoms with van der Waals surface area (Å²) in [6.45, 7) is 10.8. The number of thiophene rings is 1. The minimum Gasteiger partial charge on any atom is -0.462 e. The number of ether oxygens (including phenoxy) is 1. The first-order valence-electron chi connectivity index (χ1n) is 11.4. The Balaban J connectivity index is 1.55. The smallest absolute Gasteiger partial charge is 0.341 e. The monoisotopic (exact) mass is 485 g/mol. The summed E-state index contributed by atoms with van der Waals surface area (Å²) in [4.78, 5) is 34.9. The third kappa shape index (κ3) is 5.11. The SMILES string of the molecule is CCOC(=O)c1c(NC(=O)C(C)Sc2nc3ccccc3[nH]2)sc2c1CCC(C(C)(C)C)C2. The van der Waals surface area contributed by atoms with Gasteiger partial charge in [-0.1, -0.05) is 44.7 Å². The Bertz CT molecular complexity index is 1140. The molecule has 6 nitrogen and oxygen atoms in total. The van der Waals surface area contributed by atoms with Gasteiger partial charge in [-0.25, -0.2) is 9.78 Å². The number of imidazole rings is 1. The predicted octanol–water partition coefficient (Wildman–Crippen LogP) is 6.07. The maximum Gasteiger partial charge on any atom is 0.341 e. The minimum absolute atomic E-state index is 0.156. The van der Waals surface area contributed by atoms with E-state index < -0.39 is 0 Å². The molecule has 0 saturated heterocycles. The highest BCUT2D eigenvalue weighted by atomic mass is 32.2. The molecule has 0 fully saturated rings. The number of hydrogen-bond acceptors (Lipinski definition) is 6. The number of fused-ring (bicyclic) bond motifs is 2. The molecule has 0 spiro atoms. The molecule has 0 radical (unpaired) electrons. The highest BCUT2D eigenvalue weighted by Crippen LogP contribution is 2.44. The molecule has 1 aliphatic rings. The Morgan fingerprint density at radius 3 is 2.79 bits per heavy atom. The van der Waals surface area contributed by atoms with Crippen LogP contribution in [0.25, 0.3) is 11.0 Å². The molecule has 2 unspecified atom stereocenters. The Morgan fingerprint density at radius 2 is 2.09 bits per heavy atom. The number of carbonyl (C=O) groups excluding carboxylic acids is 2. The van der Waals surface area contributed by atoms with E-state index in [4.69, 9.17) is 4.74 Å². The second kappa shape index (κ2) is 9.50. The fourth-order valence-corrected chi connectivity index (χ4v) is 6.39. The summed E-state index contributed by atoms with van der Waals surface area (Å²) in [7, 11) is 0. The van der Waals surface area contributed by atoms with E-state index in [1.165, 1.54) is 28.0 Å². The molecular formula is C25H31N3O3S2. The van der Waals surface area contributed by atoms with Crippen molar-refractivity contribution < 1.29 is 14.3 Å². The quantitative estimate of drug-likeness (QED) is 0.327. The maximum absolute atomic E-state index is 13.1. The highest BCUT2D eigenvalue weighted by Gasteiger charge is 2.34. The standard InChI is InChI=1S/C25H31N3O3S2/c1-6-31-23(30)20-16-12-11-15(25(3,4)5)13-19(16)33-22(20)28-21(29)14(2)32-24-26-17-9-7-8-10-18(17)27-24/h7-10,14-15H,6,11-13H2,1-5H3,(H,26,27)(H,28,29). The molecule has 1 aliphatic carbocycles. The van der Waals surface area contributed by atoms with Crippen molar-refractivity contribution in [2.75, 3.05) is 11.9 Å². The third-order valence-electron chi connectivity index (χ3n) is 6.23. The van der Waals surface area contributed by atoms with E-state index >= 15 is 0 Å². The first-order valence-corrected chi connectivity index (χ1v) is 13.1. The van der Waals surface area contributed by atoms with E-state index in [1.54, 1.807) is 6.92 Å². The minimum atomic E-state index is -0.387. The van der Waals surface area contributed by atoms with Crippen LogP contribution in [0.3, 0.4) is 0 Å². The number of aromatic nitrogens is 2. The lowest BCUT2D eigenvalue weighted by molar-refractivity contribution is -0.115. The molecule has 2 atom stereocenters. The molecule has 0 bridgehead atoms. The number of nitrogens with one attached hydrogen (secondary N) is 2. The van der Waals surface area contributed by atoms with Crippen LogP contribution in [-0.4, -0.2) is 33.7 Å². The summed E-state index contributed by atoms with van der Waals surface area (Å²) in [5.41, 5.74) is 3.60. The van der Waals surface area contributed by atoms with Gasteiger partial charge in [0.25, 0.3) is 0 Å². The van der Waals surface area contributed by atoms with Crippen LogP contribution in [-0.2, 0) is 22.4 Å². The number of hydrogen-bond donors (Lipinski definition) is 2. The number of H-pyrrole nitrogens is 1. The van der Waals surface area contributed by atoms with Gasteiger partial charge in [0.1, 0.15) is 5.00 Å². The molecule has 0 aliphatic heterocycles. The molecule has 4 rings (SSSR count). The molecule has 2 N–H and O–H groups in total. The number of amides is 1. The average Bonchev–Trinajstić information content (AvgIpc) is 3.32. The van der Waals surface area contributed by atoms with Crippen molar-refractivity contribution in [1.29, 1.82) is 0 Å². The topological polar surface area (TPSA) is 84.1 Å². The van der Waals surface area contributed by atoms with Gasteiger partial charge in [0, 0.05) is 4.88 Å². The molecular weight excluding hydrogens is 454 g/mol. The van der Waals surface area contributed by atoms with Crippen molar-refractivity contribution in [3.05, 3.63) is 40.3 Å². The van der Waals surface area contributed by atoms with Crippen molar-refractivity contribution in [3.63, 3.8) is 0 Å². The van der Waals surface area contributed by atoms with Gasteiger partial charge in [-0.05, 0) is 62.1 Å².